The van der Waals surface area contributed by atoms with Crippen LogP contribution in [0.2, 0.25) is 0 Å². The van der Waals surface area contributed by atoms with Crippen molar-refractivity contribution in [3.05, 3.63) is 0 Å². The summed E-state index contributed by atoms with van der Waals surface area (Å²) < 4.78 is 23.2. The maximum atomic E-state index is 11.6. The molecule has 18 heavy (non-hydrogen) atoms. The lowest BCUT2D eigenvalue weighted by atomic mass is 9.83. The molecule has 0 bridgehead atoms. The summed E-state index contributed by atoms with van der Waals surface area (Å²) in [6, 6.07) is 0. The Balaban J connectivity index is 4.33. The molecule has 0 radical (unpaired) electrons. The normalized spacial score (nSPS) is 15.9. The van der Waals surface area contributed by atoms with Crippen LogP contribution in [0, 0.1) is 11.3 Å². The third kappa shape index (κ3) is 8.09. The lowest BCUT2D eigenvalue weighted by Crippen LogP contribution is -2.35. The predicted molar refractivity (Wildman–Crippen MR) is 79.7 cm³/mol. The van der Waals surface area contributed by atoms with Crippen LogP contribution in [0.25, 0.3) is 0 Å². The van der Waals surface area contributed by atoms with Crippen LogP contribution < -0.4 is 5.32 Å². The van der Waals surface area contributed by atoms with E-state index >= 15 is 0 Å². The second kappa shape index (κ2) is 8.16. The highest BCUT2D eigenvalue weighted by atomic mass is 32.2. The van der Waals surface area contributed by atoms with Crippen LogP contribution in [0.1, 0.15) is 53.9 Å². The van der Waals surface area contributed by atoms with E-state index in [0.29, 0.717) is 11.7 Å². The molecule has 1 atom stereocenters. The van der Waals surface area contributed by atoms with Gasteiger partial charge in [-0.15, -0.1) is 0 Å². The Bertz CT molecular complexity index is 312. The first-order valence-electron chi connectivity index (χ1n) is 7.16. The summed E-state index contributed by atoms with van der Waals surface area (Å²) in [7, 11) is -2.84. The third-order valence-electron chi connectivity index (χ3n) is 3.41. The molecule has 3 nitrogen and oxygen atoms in total. The van der Waals surface area contributed by atoms with Crippen LogP contribution in [0.4, 0.5) is 0 Å². The fourth-order valence-corrected chi connectivity index (χ4v) is 3.21. The van der Waals surface area contributed by atoms with Gasteiger partial charge >= 0.3 is 0 Å². The Morgan fingerprint density at radius 3 is 2.22 bits per heavy atom. The van der Waals surface area contributed by atoms with Gasteiger partial charge in [0, 0.05) is 12.3 Å². The Morgan fingerprint density at radius 1 is 1.17 bits per heavy atom. The van der Waals surface area contributed by atoms with E-state index in [9.17, 15) is 8.42 Å². The maximum Gasteiger partial charge on any atom is 0.150 e. The number of rotatable bonds is 10. The topological polar surface area (TPSA) is 46.2 Å². The van der Waals surface area contributed by atoms with Gasteiger partial charge in [-0.1, -0.05) is 41.0 Å². The quantitative estimate of drug-likeness (QED) is 0.668. The van der Waals surface area contributed by atoms with Crippen molar-refractivity contribution < 1.29 is 8.42 Å². The van der Waals surface area contributed by atoms with Crippen LogP contribution in [0.5, 0.6) is 0 Å². The molecule has 0 saturated heterocycles. The van der Waals surface area contributed by atoms with E-state index in [4.69, 9.17) is 0 Å². The molecule has 0 aliphatic carbocycles. The standard InChI is InChI=1S/C14H31NO2S/c1-6-8-14(5,12-15-11-13(3)4)9-10-18(16,17)7-2/h13,15H,6-12H2,1-5H3. The van der Waals surface area contributed by atoms with Crippen molar-refractivity contribution in [3.8, 4) is 0 Å². The molecule has 1 unspecified atom stereocenters. The lowest BCUT2D eigenvalue weighted by molar-refractivity contribution is 0.263. The second-order valence-electron chi connectivity index (χ2n) is 6.07. The minimum atomic E-state index is -2.84. The predicted octanol–water partition coefficient (Wildman–Crippen LogP) is 2.86. The maximum absolute atomic E-state index is 11.6. The summed E-state index contributed by atoms with van der Waals surface area (Å²) >= 11 is 0. The van der Waals surface area contributed by atoms with E-state index in [-0.39, 0.29) is 11.2 Å². The van der Waals surface area contributed by atoms with Crippen LogP contribution in [-0.2, 0) is 9.84 Å². The summed E-state index contributed by atoms with van der Waals surface area (Å²) in [5.74, 6) is 1.22. The monoisotopic (exact) mass is 277 g/mol. The van der Waals surface area contributed by atoms with Crippen molar-refractivity contribution in [2.45, 2.75) is 53.9 Å². The summed E-state index contributed by atoms with van der Waals surface area (Å²) in [4.78, 5) is 0. The molecule has 0 rings (SSSR count). The van der Waals surface area contributed by atoms with Gasteiger partial charge in [-0.2, -0.15) is 0 Å². The van der Waals surface area contributed by atoms with E-state index in [1.54, 1.807) is 6.92 Å². The SMILES string of the molecule is CCCC(C)(CCS(=O)(=O)CC)CNCC(C)C. The zero-order valence-corrected chi connectivity index (χ0v) is 13.6. The van der Waals surface area contributed by atoms with Gasteiger partial charge in [-0.05, 0) is 30.7 Å². The Labute approximate surface area is 114 Å². The summed E-state index contributed by atoms with van der Waals surface area (Å²) in [5.41, 5.74) is 0.103. The molecule has 0 aliphatic heterocycles. The van der Waals surface area contributed by atoms with E-state index in [0.717, 1.165) is 32.4 Å². The average molecular weight is 277 g/mol. The van der Waals surface area contributed by atoms with Gasteiger partial charge in [-0.3, -0.25) is 0 Å². The average Bonchev–Trinajstić information content (AvgIpc) is 2.27. The molecule has 0 aromatic carbocycles. The van der Waals surface area contributed by atoms with Crippen LogP contribution >= 0.6 is 0 Å². The zero-order chi connectivity index (χ0) is 14.2. The van der Waals surface area contributed by atoms with Gasteiger partial charge in [0.1, 0.15) is 9.84 Å². The molecule has 0 aromatic heterocycles. The highest BCUT2D eigenvalue weighted by Gasteiger charge is 2.25. The molecule has 0 aromatic rings. The molecule has 0 spiro atoms. The smallest absolute Gasteiger partial charge is 0.150 e. The lowest BCUT2D eigenvalue weighted by Gasteiger charge is -2.30. The fourth-order valence-electron chi connectivity index (χ4n) is 2.11. The molecule has 1 N–H and O–H groups in total. The van der Waals surface area contributed by atoms with Crippen molar-refractivity contribution >= 4 is 9.84 Å². The van der Waals surface area contributed by atoms with Crippen LogP contribution in [0.3, 0.4) is 0 Å². The number of nitrogens with one attached hydrogen (secondary N) is 1. The van der Waals surface area contributed by atoms with Crippen molar-refractivity contribution in [1.29, 1.82) is 0 Å². The van der Waals surface area contributed by atoms with Crippen molar-refractivity contribution in [2.24, 2.45) is 11.3 Å². The van der Waals surface area contributed by atoms with Crippen molar-refractivity contribution in [2.75, 3.05) is 24.6 Å². The zero-order valence-electron chi connectivity index (χ0n) is 12.8. The highest BCUT2D eigenvalue weighted by Crippen LogP contribution is 2.27. The first-order valence-corrected chi connectivity index (χ1v) is 8.98. The van der Waals surface area contributed by atoms with Gasteiger partial charge in [-0.25, -0.2) is 8.42 Å². The number of sulfone groups is 1. The largest absolute Gasteiger partial charge is 0.316 e. The third-order valence-corrected chi connectivity index (χ3v) is 5.12. The molecular weight excluding hydrogens is 246 g/mol. The van der Waals surface area contributed by atoms with E-state index in [1.165, 1.54) is 0 Å². The molecule has 0 amide bonds. The van der Waals surface area contributed by atoms with Crippen molar-refractivity contribution in [3.63, 3.8) is 0 Å². The van der Waals surface area contributed by atoms with Crippen molar-refractivity contribution in [1.82, 2.24) is 5.32 Å². The Morgan fingerprint density at radius 2 is 1.78 bits per heavy atom. The van der Waals surface area contributed by atoms with Gasteiger partial charge in [0.05, 0.1) is 5.75 Å². The van der Waals surface area contributed by atoms with E-state index < -0.39 is 9.84 Å². The Kier molecular flexibility index (Phi) is 8.11. The van der Waals surface area contributed by atoms with E-state index in [1.807, 2.05) is 0 Å². The van der Waals surface area contributed by atoms with Gasteiger partial charge in [0.2, 0.25) is 0 Å². The first-order chi connectivity index (χ1) is 8.24. The highest BCUT2D eigenvalue weighted by molar-refractivity contribution is 7.91. The molecule has 0 fully saturated rings. The second-order valence-corrected chi connectivity index (χ2v) is 8.54. The van der Waals surface area contributed by atoms with Crippen LogP contribution in [-0.4, -0.2) is 33.0 Å². The molecule has 0 heterocycles. The van der Waals surface area contributed by atoms with Gasteiger partial charge < -0.3 is 5.32 Å². The van der Waals surface area contributed by atoms with Gasteiger partial charge in [0.15, 0.2) is 0 Å². The van der Waals surface area contributed by atoms with Gasteiger partial charge in [0.25, 0.3) is 0 Å². The summed E-state index contributed by atoms with van der Waals surface area (Å²) in [5, 5.41) is 3.47. The molecule has 0 aliphatic rings. The minimum Gasteiger partial charge on any atom is -0.316 e. The summed E-state index contributed by atoms with van der Waals surface area (Å²) in [6.45, 7) is 12.4. The van der Waals surface area contributed by atoms with E-state index in [2.05, 4.69) is 33.0 Å². The summed E-state index contributed by atoms with van der Waals surface area (Å²) in [6.07, 6.45) is 2.95. The number of hydrogen-bond donors (Lipinski definition) is 1. The molecule has 0 saturated carbocycles. The number of hydrogen-bond acceptors (Lipinski definition) is 3. The minimum absolute atomic E-state index is 0.103. The Hall–Kier alpha value is -0.0900. The molecule has 4 heteroatoms. The van der Waals surface area contributed by atoms with Crippen LogP contribution in [0.15, 0.2) is 0 Å². The molecular formula is C14H31NO2S. The molecule has 110 valence electrons. The fraction of sp³-hybridized carbons (Fsp3) is 1.00. The first kappa shape index (κ1) is 17.9.